The lowest BCUT2D eigenvalue weighted by atomic mass is 10.2. The number of amides is 1. The summed E-state index contributed by atoms with van der Waals surface area (Å²) in [5.41, 5.74) is 0.217. The SMILES string of the molecule is C=CCNC(=O)CSc1ccccc1C(=O)O. The van der Waals surface area contributed by atoms with Crippen LogP contribution in [0.4, 0.5) is 0 Å². The van der Waals surface area contributed by atoms with Gasteiger partial charge in [-0.1, -0.05) is 18.2 Å². The number of aromatic carboxylic acids is 1. The van der Waals surface area contributed by atoms with E-state index >= 15 is 0 Å². The fraction of sp³-hybridized carbons (Fsp3) is 0.167. The second-order valence-electron chi connectivity index (χ2n) is 3.18. The summed E-state index contributed by atoms with van der Waals surface area (Å²) in [5.74, 6) is -0.937. The Morgan fingerprint density at radius 1 is 1.41 bits per heavy atom. The van der Waals surface area contributed by atoms with Crippen molar-refractivity contribution in [3.05, 3.63) is 42.5 Å². The van der Waals surface area contributed by atoms with E-state index < -0.39 is 5.97 Å². The number of carbonyl (C=O) groups is 2. The maximum atomic E-state index is 11.3. The van der Waals surface area contributed by atoms with Crippen LogP contribution in [0, 0.1) is 0 Å². The maximum Gasteiger partial charge on any atom is 0.336 e. The molecule has 0 atom stereocenters. The highest BCUT2D eigenvalue weighted by atomic mass is 32.2. The quantitative estimate of drug-likeness (QED) is 0.597. The van der Waals surface area contributed by atoms with Crippen molar-refractivity contribution in [1.29, 1.82) is 0 Å². The molecule has 2 N–H and O–H groups in total. The van der Waals surface area contributed by atoms with E-state index in [0.29, 0.717) is 11.4 Å². The summed E-state index contributed by atoms with van der Waals surface area (Å²) < 4.78 is 0. The molecule has 17 heavy (non-hydrogen) atoms. The van der Waals surface area contributed by atoms with Gasteiger partial charge in [-0.15, -0.1) is 18.3 Å². The fourth-order valence-corrected chi connectivity index (χ4v) is 2.02. The minimum atomic E-state index is -0.986. The monoisotopic (exact) mass is 251 g/mol. The standard InChI is InChI=1S/C12H13NO3S/c1-2-7-13-11(14)8-17-10-6-4-3-5-9(10)12(15)16/h2-6H,1,7-8H2,(H,13,14)(H,15,16). The van der Waals surface area contributed by atoms with E-state index in [4.69, 9.17) is 5.11 Å². The average molecular weight is 251 g/mol. The van der Waals surface area contributed by atoms with Gasteiger partial charge in [0.25, 0.3) is 0 Å². The first-order valence-corrected chi connectivity index (χ1v) is 5.96. The van der Waals surface area contributed by atoms with Crippen molar-refractivity contribution in [3.8, 4) is 0 Å². The first-order valence-electron chi connectivity index (χ1n) is 4.98. The van der Waals surface area contributed by atoms with Gasteiger partial charge in [0, 0.05) is 11.4 Å². The third-order valence-electron chi connectivity index (χ3n) is 1.92. The summed E-state index contributed by atoms with van der Waals surface area (Å²) in [5, 5.41) is 11.6. The molecule has 0 radical (unpaired) electrons. The van der Waals surface area contributed by atoms with Crippen LogP contribution in [0.25, 0.3) is 0 Å². The minimum absolute atomic E-state index is 0.143. The first kappa shape index (κ1) is 13.3. The second kappa shape index (κ2) is 6.75. The molecule has 0 unspecified atom stereocenters. The molecule has 5 heteroatoms. The summed E-state index contributed by atoms with van der Waals surface area (Å²) in [7, 11) is 0. The molecule has 0 fully saturated rings. The van der Waals surface area contributed by atoms with Crippen LogP contribution in [0.2, 0.25) is 0 Å². The van der Waals surface area contributed by atoms with Gasteiger partial charge in [-0.2, -0.15) is 0 Å². The van der Waals surface area contributed by atoms with Crippen LogP contribution < -0.4 is 5.32 Å². The van der Waals surface area contributed by atoms with E-state index in [1.165, 1.54) is 17.8 Å². The largest absolute Gasteiger partial charge is 0.478 e. The molecule has 0 aliphatic heterocycles. The van der Waals surface area contributed by atoms with E-state index in [1.54, 1.807) is 24.3 Å². The molecule has 1 amide bonds. The molecule has 90 valence electrons. The minimum Gasteiger partial charge on any atom is -0.478 e. The molecule has 1 aromatic rings. The summed E-state index contributed by atoms with van der Waals surface area (Å²) in [4.78, 5) is 22.8. The molecule has 0 aliphatic carbocycles. The number of rotatable bonds is 6. The molecule has 0 aromatic heterocycles. The predicted molar refractivity (Wildman–Crippen MR) is 67.3 cm³/mol. The van der Waals surface area contributed by atoms with Crippen molar-refractivity contribution in [1.82, 2.24) is 5.32 Å². The maximum absolute atomic E-state index is 11.3. The van der Waals surface area contributed by atoms with Crippen LogP contribution in [0.5, 0.6) is 0 Å². The van der Waals surface area contributed by atoms with Gasteiger partial charge in [0.15, 0.2) is 0 Å². The lowest BCUT2D eigenvalue weighted by molar-refractivity contribution is -0.118. The second-order valence-corrected chi connectivity index (χ2v) is 4.20. The number of carbonyl (C=O) groups excluding carboxylic acids is 1. The van der Waals surface area contributed by atoms with Gasteiger partial charge in [-0.3, -0.25) is 4.79 Å². The third kappa shape index (κ3) is 4.32. The van der Waals surface area contributed by atoms with Gasteiger partial charge in [0.1, 0.15) is 0 Å². The average Bonchev–Trinajstić information content (AvgIpc) is 2.34. The number of benzene rings is 1. The molecule has 0 bridgehead atoms. The highest BCUT2D eigenvalue weighted by Gasteiger charge is 2.10. The van der Waals surface area contributed by atoms with Crippen LogP contribution in [0.3, 0.4) is 0 Å². The molecule has 0 spiro atoms. The highest BCUT2D eigenvalue weighted by molar-refractivity contribution is 8.00. The molecule has 0 saturated heterocycles. The number of hydrogen-bond acceptors (Lipinski definition) is 3. The predicted octanol–water partition coefficient (Wildman–Crippen LogP) is 1.78. The number of thioether (sulfide) groups is 1. The van der Waals surface area contributed by atoms with Crippen molar-refractivity contribution >= 4 is 23.6 Å². The van der Waals surface area contributed by atoms with Crippen molar-refractivity contribution in [2.75, 3.05) is 12.3 Å². The van der Waals surface area contributed by atoms with E-state index in [0.717, 1.165) is 0 Å². The number of carboxylic acids is 1. The zero-order valence-corrected chi connectivity index (χ0v) is 10.00. The van der Waals surface area contributed by atoms with Crippen molar-refractivity contribution in [2.45, 2.75) is 4.90 Å². The smallest absolute Gasteiger partial charge is 0.336 e. The lowest BCUT2D eigenvalue weighted by Gasteiger charge is -2.05. The van der Waals surface area contributed by atoms with Gasteiger partial charge in [-0.05, 0) is 12.1 Å². The van der Waals surface area contributed by atoms with Gasteiger partial charge < -0.3 is 10.4 Å². The van der Waals surface area contributed by atoms with Gasteiger partial charge in [-0.25, -0.2) is 4.79 Å². The summed E-state index contributed by atoms with van der Waals surface area (Å²) in [6, 6.07) is 6.61. The Morgan fingerprint density at radius 2 is 2.12 bits per heavy atom. The van der Waals surface area contributed by atoms with Crippen LogP contribution in [0.1, 0.15) is 10.4 Å². The Morgan fingerprint density at radius 3 is 2.76 bits per heavy atom. The third-order valence-corrected chi connectivity index (χ3v) is 2.99. The Labute approximate surface area is 104 Å². The summed E-state index contributed by atoms with van der Waals surface area (Å²) >= 11 is 1.21. The van der Waals surface area contributed by atoms with Crippen molar-refractivity contribution in [3.63, 3.8) is 0 Å². The zero-order chi connectivity index (χ0) is 12.7. The Bertz CT molecular complexity index is 432. The number of carboxylic acid groups (broad SMARTS) is 1. The number of nitrogens with one attached hydrogen (secondary N) is 1. The van der Waals surface area contributed by atoms with Crippen molar-refractivity contribution < 1.29 is 14.7 Å². The Balaban J connectivity index is 2.60. The van der Waals surface area contributed by atoms with Gasteiger partial charge in [0.05, 0.1) is 11.3 Å². The van der Waals surface area contributed by atoms with E-state index in [-0.39, 0.29) is 17.2 Å². The number of hydrogen-bond donors (Lipinski definition) is 2. The first-order chi connectivity index (χ1) is 8.15. The highest BCUT2D eigenvalue weighted by Crippen LogP contribution is 2.22. The van der Waals surface area contributed by atoms with Gasteiger partial charge >= 0.3 is 5.97 Å². The molecule has 0 saturated carbocycles. The van der Waals surface area contributed by atoms with Crippen LogP contribution in [-0.2, 0) is 4.79 Å². The van der Waals surface area contributed by atoms with Crippen LogP contribution >= 0.6 is 11.8 Å². The Hall–Kier alpha value is -1.75. The Kier molecular flexibility index (Phi) is 5.29. The van der Waals surface area contributed by atoms with E-state index in [9.17, 15) is 9.59 Å². The molecule has 0 heterocycles. The molecular formula is C12H13NO3S. The summed E-state index contributed by atoms with van der Waals surface area (Å²) in [6.45, 7) is 3.91. The summed E-state index contributed by atoms with van der Waals surface area (Å²) in [6.07, 6.45) is 1.59. The van der Waals surface area contributed by atoms with Crippen LogP contribution in [0.15, 0.2) is 41.8 Å². The fourth-order valence-electron chi connectivity index (χ4n) is 1.15. The van der Waals surface area contributed by atoms with Crippen molar-refractivity contribution in [2.24, 2.45) is 0 Å². The molecular weight excluding hydrogens is 238 g/mol. The lowest BCUT2D eigenvalue weighted by Crippen LogP contribution is -2.25. The molecule has 0 aliphatic rings. The molecule has 4 nitrogen and oxygen atoms in total. The molecule has 1 aromatic carbocycles. The normalized spacial score (nSPS) is 9.65. The zero-order valence-electron chi connectivity index (χ0n) is 9.18. The van der Waals surface area contributed by atoms with E-state index in [2.05, 4.69) is 11.9 Å². The topological polar surface area (TPSA) is 66.4 Å². The van der Waals surface area contributed by atoms with Gasteiger partial charge in [0.2, 0.25) is 5.91 Å². The van der Waals surface area contributed by atoms with E-state index in [1.807, 2.05) is 0 Å². The molecule has 1 rings (SSSR count). The van der Waals surface area contributed by atoms with Crippen LogP contribution in [-0.4, -0.2) is 29.3 Å².